The van der Waals surface area contributed by atoms with E-state index in [0.29, 0.717) is 0 Å². The number of sulfonamides is 1. The molecule has 0 bridgehead atoms. The molecule has 0 saturated heterocycles. The highest BCUT2D eigenvalue weighted by molar-refractivity contribution is 7.89. The van der Waals surface area contributed by atoms with E-state index >= 15 is 0 Å². The monoisotopic (exact) mass is 390 g/mol. The van der Waals surface area contributed by atoms with Crippen LogP contribution in [0.5, 0.6) is 6.01 Å². The van der Waals surface area contributed by atoms with Crippen LogP contribution in [0.15, 0.2) is 35.5 Å². The number of anilines is 1. The van der Waals surface area contributed by atoms with E-state index in [2.05, 4.69) is 20.0 Å². The Bertz CT molecular complexity index is 915. The van der Waals surface area contributed by atoms with Gasteiger partial charge in [0.15, 0.2) is 6.61 Å². The molecule has 0 fully saturated rings. The lowest BCUT2D eigenvalue weighted by atomic mass is 10.1. The van der Waals surface area contributed by atoms with E-state index in [4.69, 9.17) is 5.14 Å². The molecule has 26 heavy (non-hydrogen) atoms. The molecule has 0 aliphatic rings. The molecule has 2 aromatic rings. The van der Waals surface area contributed by atoms with Crippen molar-refractivity contribution in [2.45, 2.75) is 18.0 Å². The van der Waals surface area contributed by atoms with Crippen molar-refractivity contribution < 1.29 is 31.1 Å². The maximum Gasteiger partial charge on any atom is 0.422 e. The minimum atomic E-state index is -4.54. The van der Waals surface area contributed by atoms with Crippen LogP contribution < -0.4 is 15.2 Å². The minimum Gasteiger partial charge on any atom is -0.454 e. The van der Waals surface area contributed by atoms with Gasteiger partial charge >= 0.3 is 12.2 Å². The van der Waals surface area contributed by atoms with E-state index in [1.807, 2.05) is 0 Å². The zero-order valence-corrected chi connectivity index (χ0v) is 14.1. The summed E-state index contributed by atoms with van der Waals surface area (Å²) in [6.07, 6.45) is -2.34. The van der Waals surface area contributed by atoms with Gasteiger partial charge in [-0.1, -0.05) is 6.07 Å². The Morgan fingerprint density at radius 3 is 2.38 bits per heavy atom. The highest BCUT2D eigenvalue weighted by atomic mass is 32.2. The zero-order chi connectivity index (χ0) is 19.5. The topological polar surface area (TPSA) is 124 Å². The lowest BCUT2D eigenvalue weighted by molar-refractivity contribution is -0.154. The zero-order valence-electron chi connectivity index (χ0n) is 13.2. The summed E-state index contributed by atoms with van der Waals surface area (Å²) in [6.45, 7) is -0.307. The number of primary sulfonamides is 1. The van der Waals surface area contributed by atoms with Crippen LogP contribution in [0.3, 0.4) is 0 Å². The largest absolute Gasteiger partial charge is 0.454 e. The Labute approximate surface area is 146 Å². The van der Waals surface area contributed by atoms with Crippen LogP contribution in [0.25, 0.3) is 11.1 Å². The number of hydrogen-bond donors (Lipinski definition) is 2. The number of aromatic nitrogens is 2. The van der Waals surface area contributed by atoms with Crippen LogP contribution in [-0.4, -0.2) is 37.1 Å². The van der Waals surface area contributed by atoms with Crippen molar-refractivity contribution in [3.63, 3.8) is 0 Å². The van der Waals surface area contributed by atoms with Crippen LogP contribution in [-0.2, 0) is 14.8 Å². The molecule has 0 aliphatic heterocycles. The average molecular weight is 390 g/mol. The fourth-order valence-electron chi connectivity index (χ4n) is 1.95. The van der Waals surface area contributed by atoms with Crippen molar-refractivity contribution in [2.75, 3.05) is 11.9 Å². The summed E-state index contributed by atoms with van der Waals surface area (Å²) in [7, 11) is -4.17. The molecule has 140 valence electrons. The van der Waals surface area contributed by atoms with Gasteiger partial charge in [-0.3, -0.25) is 4.79 Å². The first-order valence-electron chi connectivity index (χ1n) is 6.92. The van der Waals surface area contributed by atoms with Gasteiger partial charge in [-0.05, 0) is 12.1 Å². The van der Waals surface area contributed by atoms with Gasteiger partial charge in [0.1, 0.15) is 0 Å². The standard InChI is InChI=1S/C14H13F3N4O4S/c1-8(22)21-10-2-3-11(12(4-10)26(18,23)24)9-5-19-13(20-6-9)25-7-14(15,16)17/h2-6H,7H2,1H3,(H,21,22)(H2,18,23,24). The molecular formula is C14H13F3N4O4S. The van der Waals surface area contributed by atoms with Crippen molar-refractivity contribution in [1.29, 1.82) is 0 Å². The smallest absolute Gasteiger partial charge is 0.422 e. The predicted molar refractivity (Wildman–Crippen MR) is 84.7 cm³/mol. The van der Waals surface area contributed by atoms with Crippen molar-refractivity contribution >= 4 is 21.6 Å². The van der Waals surface area contributed by atoms with Gasteiger partial charge in [-0.25, -0.2) is 23.5 Å². The first-order chi connectivity index (χ1) is 12.0. The van der Waals surface area contributed by atoms with E-state index < -0.39 is 34.7 Å². The molecule has 2 rings (SSSR count). The van der Waals surface area contributed by atoms with Gasteiger partial charge in [0.2, 0.25) is 15.9 Å². The molecule has 1 amide bonds. The van der Waals surface area contributed by atoms with Gasteiger partial charge < -0.3 is 10.1 Å². The highest BCUT2D eigenvalue weighted by Gasteiger charge is 2.29. The number of nitrogens with two attached hydrogens (primary N) is 1. The molecule has 1 heterocycles. The van der Waals surface area contributed by atoms with Crippen LogP contribution in [0.2, 0.25) is 0 Å². The fraction of sp³-hybridized carbons (Fsp3) is 0.214. The number of ether oxygens (including phenoxy) is 1. The second kappa shape index (κ2) is 7.25. The summed E-state index contributed by atoms with van der Waals surface area (Å²) in [5.74, 6) is -0.410. The summed E-state index contributed by atoms with van der Waals surface area (Å²) >= 11 is 0. The van der Waals surface area contributed by atoms with Gasteiger partial charge in [0.05, 0.1) is 4.90 Å². The summed E-state index contributed by atoms with van der Waals surface area (Å²) in [4.78, 5) is 18.0. The SMILES string of the molecule is CC(=O)Nc1ccc(-c2cnc(OCC(F)(F)F)nc2)c(S(N)(=O)=O)c1. The molecule has 8 nitrogen and oxygen atoms in total. The second-order valence-corrected chi connectivity index (χ2v) is 6.63. The molecule has 0 spiro atoms. The Hall–Kier alpha value is -2.73. The van der Waals surface area contributed by atoms with E-state index in [1.165, 1.54) is 19.1 Å². The molecule has 12 heteroatoms. The maximum absolute atomic E-state index is 12.1. The van der Waals surface area contributed by atoms with Gasteiger partial charge in [0, 0.05) is 36.1 Å². The van der Waals surface area contributed by atoms with Gasteiger partial charge in [0.25, 0.3) is 0 Å². The maximum atomic E-state index is 12.1. The molecular weight excluding hydrogens is 377 g/mol. The number of nitrogens with zero attached hydrogens (tertiary/aromatic N) is 2. The number of carbonyl (C=O) groups is 1. The third-order valence-electron chi connectivity index (χ3n) is 2.91. The number of rotatable bonds is 5. The fourth-order valence-corrected chi connectivity index (χ4v) is 2.74. The molecule has 0 atom stereocenters. The summed E-state index contributed by atoms with van der Waals surface area (Å²) in [5.41, 5.74) is 0.503. The first kappa shape index (κ1) is 19.6. The number of amides is 1. The molecule has 0 saturated carbocycles. The molecule has 1 aromatic heterocycles. The van der Waals surface area contributed by atoms with Crippen LogP contribution in [0.4, 0.5) is 18.9 Å². The second-order valence-electron chi connectivity index (χ2n) is 5.10. The normalized spacial score (nSPS) is 11.9. The first-order valence-corrected chi connectivity index (χ1v) is 8.47. The lowest BCUT2D eigenvalue weighted by Gasteiger charge is -2.11. The third-order valence-corrected chi connectivity index (χ3v) is 3.86. The van der Waals surface area contributed by atoms with E-state index in [1.54, 1.807) is 0 Å². The minimum absolute atomic E-state index is 0.115. The third kappa shape index (κ3) is 5.39. The number of nitrogens with one attached hydrogen (secondary N) is 1. The number of alkyl halides is 3. The Morgan fingerprint density at radius 2 is 1.88 bits per heavy atom. The Balaban J connectivity index is 2.37. The molecule has 3 N–H and O–H groups in total. The number of halogens is 3. The van der Waals surface area contributed by atoms with Gasteiger partial charge in [-0.15, -0.1) is 0 Å². The number of hydrogen-bond acceptors (Lipinski definition) is 6. The molecule has 1 aromatic carbocycles. The van der Waals surface area contributed by atoms with Gasteiger partial charge in [-0.2, -0.15) is 13.2 Å². The van der Waals surface area contributed by atoms with Crippen LogP contribution in [0, 0.1) is 0 Å². The number of carbonyl (C=O) groups excluding carboxylic acids is 1. The van der Waals surface area contributed by atoms with Crippen LogP contribution >= 0.6 is 0 Å². The molecule has 0 unspecified atom stereocenters. The average Bonchev–Trinajstić information content (AvgIpc) is 2.51. The summed E-state index contributed by atoms with van der Waals surface area (Å²) in [5, 5.41) is 7.61. The summed E-state index contributed by atoms with van der Waals surface area (Å²) < 4.78 is 64.3. The molecule has 0 aliphatic carbocycles. The predicted octanol–water partition coefficient (Wildman–Crippen LogP) is 1.69. The number of benzene rings is 1. The van der Waals surface area contributed by atoms with Crippen molar-refractivity contribution in [3.05, 3.63) is 30.6 Å². The molecule has 0 radical (unpaired) electrons. The Kier molecular flexibility index (Phi) is 5.47. The van der Waals surface area contributed by atoms with Crippen molar-refractivity contribution in [1.82, 2.24) is 9.97 Å². The van der Waals surface area contributed by atoms with E-state index in [-0.39, 0.29) is 21.7 Å². The highest BCUT2D eigenvalue weighted by Crippen LogP contribution is 2.29. The van der Waals surface area contributed by atoms with E-state index in [0.717, 1.165) is 18.5 Å². The lowest BCUT2D eigenvalue weighted by Crippen LogP contribution is -2.20. The Morgan fingerprint density at radius 1 is 1.27 bits per heavy atom. The van der Waals surface area contributed by atoms with E-state index in [9.17, 15) is 26.4 Å². The van der Waals surface area contributed by atoms with Crippen molar-refractivity contribution in [2.24, 2.45) is 5.14 Å². The summed E-state index contributed by atoms with van der Waals surface area (Å²) in [6, 6.07) is 3.43. The van der Waals surface area contributed by atoms with Crippen molar-refractivity contribution in [3.8, 4) is 17.1 Å². The van der Waals surface area contributed by atoms with Crippen LogP contribution in [0.1, 0.15) is 6.92 Å². The quantitative estimate of drug-likeness (QED) is 0.801.